The monoisotopic (exact) mass is 258 g/mol. The third kappa shape index (κ3) is 2.64. The number of hydrogen-bond acceptors (Lipinski definition) is 3. The fraction of sp³-hybridized carbons (Fsp3) is 0.286. The van der Waals surface area contributed by atoms with E-state index in [2.05, 4.69) is 4.98 Å². The maximum Gasteiger partial charge on any atom is 0.213 e. The number of imidazole rings is 1. The molecule has 4 nitrogen and oxygen atoms in total. The normalized spacial score (nSPS) is 13.8. The molecule has 0 radical (unpaired) electrons. The summed E-state index contributed by atoms with van der Waals surface area (Å²) in [6.45, 7) is 1.96. The molecule has 98 valence electrons. The van der Waals surface area contributed by atoms with Gasteiger partial charge in [-0.05, 0) is 24.1 Å². The summed E-state index contributed by atoms with van der Waals surface area (Å²) in [4.78, 5) is 3.97. The molecule has 1 heterocycles. The Bertz CT molecular complexity index is 599. The van der Waals surface area contributed by atoms with Crippen LogP contribution in [0.3, 0.4) is 0 Å². The molecule has 2 unspecified atom stereocenters. The largest absolute Gasteiger partial charge is 0.326 e. The minimum Gasteiger partial charge on any atom is -0.326 e. The molecule has 0 aliphatic carbocycles. The Labute approximate surface area is 111 Å². The zero-order chi connectivity index (χ0) is 13.8. The quantitative estimate of drug-likeness (QED) is 0.914. The molecule has 1 aromatic carbocycles. The molecule has 0 bridgehead atoms. The fourth-order valence-corrected chi connectivity index (χ4v) is 2.15. The highest BCUT2D eigenvalue weighted by Gasteiger charge is 2.23. The van der Waals surface area contributed by atoms with E-state index in [9.17, 15) is 4.39 Å². The minimum absolute atomic E-state index is 0.219. The van der Waals surface area contributed by atoms with Crippen molar-refractivity contribution in [1.29, 1.82) is 5.26 Å². The van der Waals surface area contributed by atoms with Crippen molar-refractivity contribution in [3.05, 3.63) is 53.9 Å². The summed E-state index contributed by atoms with van der Waals surface area (Å²) < 4.78 is 15.1. The van der Waals surface area contributed by atoms with Crippen LogP contribution in [0.15, 0.2) is 36.7 Å². The van der Waals surface area contributed by atoms with Gasteiger partial charge in [0.05, 0.1) is 6.04 Å². The Hall–Kier alpha value is -2.19. The van der Waals surface area contributed by atoms with Crippen molar-refractivity contribution < 1.29 is 4.39 Å². The molecular weight excluding hydrogens is 243 g/mol. The number of benzene rings is 1. The third-order valence-electron chi connectivity index (χ3n) is 3.14. The Balaban J connectivity index is 2.51. The second-order valence-electron chi connectivity index (χ2n) is 4.34. The van der Waals surface area contributed by atoms with Gasteiger partial charge in [0.15, 0.2) is 0 Å². The van der Waals surface area contributed by atoms with E-state index in [0.717, 1.165) is 5.56 Å². The summed E-state index contributed by atoms with van der Waals surface area (Å²) >= 11 is 0. The van der Waals surface area contributed by atoms with Crippen LogP contribution in [0.1, 0.15) is 30.8 Å². The van der Waals surface area contributed by atoms with Gasteiger partial charge < -0.3 is 10.3 Å². The first-order valence-electron chi connectivity index (χ1n) is 6.11. The van der Waals surface area contributed by atoms with Crippen molar-refractivity contribution in [1.82, 2.24) is 9.55 Å². The lowest BCUT2D eigenvalue weighted by molar-refractivity contribution is 0.453. The van der Waals surface area contributed by atoms with Crippen LogP contribution in [-0.4, -0.2) is 15.6 Å². The van der Waals surface area contributed by atoms with E-state index in [1.165, 1.54) is 12.1 Å². The highest BCUT2D eigenvalue weighted by Crippen LogP contribution is 2.24. The first-order valence-corrected chi connectivity index (χ1v) is 6.11. The van der Waals surface area contributed by atoms with Crippen molar-refractivity contribution in [2.45, 2.75) is 25.4 Å². The molecule has 19 heavy (non-hydrogen) atoms. The van der Waals surface area contributed by atoms with Crippen LogP contribution in [0.2, 0.25) is 0 Å². The van der Waals surface area contributed by atoms with Gasteiger partial charge in [-0.15, -0.1) is 0 Å². The number of aromatic nitrogens is 2. The summed E-state index contributed by atoms with van der Waals surface area (Å²) in [5, 5.41) is 9.06. The van der Waals surface area contributed by atoms with E-state index in [1.54, 1.807) is 23.0 Å². The van der Waals surface area contributed by atoms with Crippen LogP contribution < -0.4 is 5.73 Å². The standard InChI is InChI=1S/C14H15FN4/c1-2-12(17)14(10-4-3-5-11(15)8-10)19-7-6-18-13(19)9-16/h3-8,12,14H,2,17H2,1H3. The van der Waals surface area contributed by atoms with Gasteiger partial charge >= 0.3 is 0 Å². The third-order valence-corrected chi connectivity index (χ3v) is 3.14. The van der Waals surface area contributed by atoms with Gasteiger partial charge in [0, 0.05) is 18.4 Å². The summed E-state index contributed by atoms with van der Waals surface area (Å²) in [7, 11) is 0. The molecular formula is C14H15FN4. The van der Waals surface area contributed by atoms with Crippen LogP contribution in [0.4, 0.5) is 4.39 Å². The van der Waals surface area contributed by atoms with Crippen LogP contribution in [-0.2, 0) is 0 Å². The zero-order valence-corrected chi connectivity index (χ0v) is 10.6. The van der Waals surface area contributed by atoms with Crippen molar-refractivity contribution in [3.63, 3.8) is 0 Å². The van der Waals surface area contributed by atoms with Crippen molar-refractivity contribution in [3.8, 4) is 6.07 Å². The number of nitrogens with two attached hydrogens (primary N) is 1. The SMILES string of the molecule is CCC(N)C(c1cccc(F)c1)n1ccnc1C#N. The van der Waals surface area contributed by atoms with Crippen LogP contribution >= 0.6 is 0 Å². The van der Waals surface area contributed by atoms with E-state index < -0.39 is 0 Å². The molecule has 0 aliphatic heterocycles. The smallest absolute Gasteiger partial charge is 0.213 e. The van der Waals surface area contributed by atoms with E-state index in [4.69, 9.17) is 11.0 Å². The van der Waals surface area contributed by atoms with Gasteiger partial charge in [-0.25, -0.2) is 9.37 Å². The molecule has 0 spiro atoms. The van der Waals surface area contributed by atoms with Crippen LogP contribution in [0, 0.1) is 17.1 Å². The summed E-state index contributed by atoms with van der Waals surface area (Å²) in [5.41, 5.74) is 6.87. The van der Waals surface area contributed by atoms with Gasteiger partial charge in [-0.3, -0.25) is 0 Å². The molecule has 2 aromatic rings. The number of rotatable bonds is 4. The Morgan fingerprint density at radius 2 is 2.32 bits per heavy atom. The molecule has 5 heteroatoms. The first kappa shape index (κ1) is 13.2. The molecule has 0 amide bonds. The lowest BCUT2D eigenvalue weighted by atomic mass is 9.97. The van der Waals surface area contributed by atoms with Crippen molar-refractivity contribution >= 4 is 0 Å². The number of nitriles is 1. The highest BCUT2D eigenvalue weighted by atomic mass is 19.1. The number of hydrogen-bond donors (Lipinski definition) is 1. The summed E-state index contributed by atoms with van der Waals surface area (Å²) in [6.07, 6.45) is 3.96. The molecule has 1 aromatic heterocycles. The second kappa shape index (κ2) is 5.63. The lowest BCUT2D eigenvalue weighted by Gasteiger charge is -2.25. The Kier molecular flexibility index (Phi) is 3.93. The second-order valence-corrected chi connectivity index (χ2v) is 4.34. The van der Waals surface area contributed by atoms with Crippen LogP contribution in [0.5, 0.6) is 0 Å². The molecule has 2 atom stereocenters. The van der Waals surface area contributed by atoms with Crippen molar-refractivity contribution in [2.75, 3.05) is 0 Å². The van der Waals surface area contributed by atoms with Crippen molar-refractivity contribution in [2.24, 2.45) is 5.73 Å². The Morgan fingerprint density at radius 1 is 1.53 bits per heavy atom. The molecule has 0 saturated carbocycles. The van der Waals surface area contributed by atoms with Gasteiger partial charge in [-0.1, -0.05) is 19.1 Å². The summed E-state index contributed by atoms with van der Waals surface area (Å²) in [5.74, 6) is -0.0393. The van der Waals surface area contributed by atoms with Gasteiger partial charge in [-0.2, -0.15) is 5.26 Å². The Morgan fingerprint density at radius 3 is 2.95 bits per heavy atom. The highest BCUT2D eigenvalue weighted by molar-refractivity contribution is 5.25. The van der Waals surface area contributed by atoms with Gasteiger partial charge in [0.25, 0.3) is 0 Å². The average molecular weight is 258 g/mol. The average Bonchev–Trinajstić information content (AvgIpc) is 2.87. The lowest BCUT2D eigenvalue weighted by Crippen LogP contribution is -2.33. The summed E-state index contributed by atoms with van der Waals surface area (Å²) in [6, 6.07) is 7.79. The maximum absolute atomic E-state index is 13.4. The van der Waals surface area contributed by atoms with E-state index in [-0.39, 0.29) is 23.7 Å². The zero-order valence-electron chi connectivity index (χ0n) is 10.6. The molecule has 2 N–H and O–H groups in total. The first-order chi connectivity index (χ1) is 9.17. The fourth-order valence-electron chi connectivity index (χ4n) is 2.15. The maximum atomic E-state index is 13.4. The molecule has 2 rings (SSSR count). The predicted octanol–water partition coefficient (Wildman–Crippen LogP) is 2.22. The van der Waals surface area contributed by atoms with E-state index in [1.807, 2.05) is 19.1 Å². The number of halogens is 1. The van der Waals surface area contributed by atoms with E-state index in [0.29, 0.717) is 6.42 Å². The van der Waals surface area contributed by atoms with Crippen LogP contribution in [0.25, 0.3) is 0 Å². The van der Waals surface area contributed by atoms with Gasteiger partial charge in [0.2, 0.25) is 5.82 Å². The predicted molar refractivity (Wildman–Crippen MR) is 69.7 cm³/mol. The molecule has 0 aliphatic rings. The molecule has 0 saturated heterocycles. The van der Waals surface area contributed by atoms with E-state index >= 15 is 0 Å². The topological polar surface area (TPSA) is 67.6 Å². The number of nitrogens with zero attached hydrogens (tertiary/aromatic N) is 3. The molecule has 0 fully saturated rings. The minimum atomic E-state index is -0.315. The van der Waals surface area contributed by atoms with Gasteiger partial charge in [0.1, 0.15) is 11.9 Å².